The van der Waals surface area contributed by atoms with Gasteiger partial charge >= 0.3 is 0 Å². The van der Waals surface area contributed by atoms with Crippen LogP contribution in [0.25, 0.3) is 22.9 Å². The maximum atomic E-state index is 12.6. The molecule has 1 fully saturated rings. The van der Waals surface area contributed by atoms with Gasteiger partial charge in [-0.25, -0.2) is 13.1 Å². The van der Waals surface area contributed by atoms with Gasteiger partial charge in [0.05, 0.1) is 21.6 Å². The summed E-state index contributed by atoms with van der Waals surface area (Å²) in [6, 6.07) is 13.7. The first kappa shape index (κ1) is 19.1. The van der Waals surface area contributed by atoms with Crippen molar-refractivity contribution in [3.05, 3.63) is 53.6 Å². The molecule has 0 saturated carbocycles. The van der Waals surface area contributed by atoms with E-state index < -0.39 is 10.0 Å². The minimum atomic E-state index is -3.72. The molecule has 1 aliphatic rings. The smallest absolute Gasteiger partial charge is 0.249 e. The molecule has 1 saturated heterocycles. The lowest BCUT2D eigenvalue weighted by atomic mass is 10.2. The monoisotopic (exact) mass is 419 g/mol. The molecule has 7 nitrogen and oxygen atoms in total. The molecule has 0 radical (unpaired) electrons. The lowest BCUT2D eigenvalue weighted by Crippen LogP contribution is -2.31. The van der Waals surface area contributed by atoms with Gasteiger partial charge < -0.3 is 9.15 Å². The quantitative estimate of drug-likeness (QED) is 0.657. The van der Waals surface area contributed by atoms with Crippen LogP contribution in [0.3, 0.4) is 0 Å². The summed E-state index contributed by atoms with van der Waals surface area (Å²) in [7, 11) is -3.72. The number of benzene rings is 2. The summed E-state index contributed by atoms with van der Waals surface area (Å²) in [6.45, 7) is 0.900. The van der Waals surface area contributed by atoms with Crippen LogP contribution in [0.4, 0.5) is 0 Å². The van der Waals surface area contributed by atoms with Crippen molar-refractivity contribution < 1.29 is 17.6 Å². The van der Waals surface area contributed by atoms with Gasteiger partial charge in [0.15, 0.2) is 0 Å². The molecule has 0 aliphatic carbocycles. The molecule has 2 aromatic carbocycles. The SMILES string of the molecule is O=S(=O)(NCC1CCCO1)c1ccc(Cl)c(-c2nnc(-c3ccccc3)o2)c1. The van der Waals surface area contributed by atoms with Crippen LogP contribution in [-0.4, -0.2) is 37.9 Å². The van der Waals surface area contributed by atoms with Crippen LogP contribution in [0.15, 0.2) is 57.8 Å². The third-order valence-corrected chi connectivity index (χ3v) is 6.20. The number of halogens is 1. The summed E-state index contributed by atoms with van der Waals surface area (Å²) in [5.41, 5.74) is 1.12. The average Bonchev–Trinajstić information content (AvgIpc) is 3.39. The fraction of sp³-hybridized carbons (Fsp3) is 0.263. The van der Waals surface area contributed by atoms with Crippen molar-refractivity contribution in [1.29, 1.82) is 0 Å². The fourth-order valence-corrected chi connectivity index (χ4v) is 4.25. The van der Waals surface area contributed by atoms with E-state index in [2.05, 4.69) is 14.9 Å². The van der Waals surface area contributed by atoms with Gasteiger partial charge in [0, 0.05) is 18.7 Å². The van der Waals surface area contributed by atoms with Gasteiger partial charge in [-0.2, -0.15) is 0 Å². The van der Waals surface area contributed by atoms with Crippen LogP contribution in [0, 0.1) is 0 Å². The van der Waals surface area contributed by atoms with E-state index in [1.54, 1.807) is 0 Å². The molecule has 1 N–H and O–H groups in total. The molecule has 1 aromatic heterocycles. The van der Waals surface area contributed by atoms with E-state index in [4.69, 9.17) is 20.8 Å². The predicted octanol–water partition coefficient (Wildman–Crippen LogP) is 3.51. The number of ether oxygens (including phenoxy) is 1. The topological polar surface area (TPSA) is 94.3 Å². The molecular formula is C19H18ClN3O4S. The molecule has 28 heavy (non-hydrogen) atoms. The van der Waals surface area contributed by atoms with E-state index in [0.717, 1.165) is 18.4 Å². The lowest BCUT2D eigenvalue weighted by molar-refractivity contribution is 0.114. The Morgan fingerprint density at radius 3 is 2.64 bits per heavy atom. The van der Waals surface area contributed by atoms with Gasteiger partial charge in [0.2, 0.25) is 21.8 Å². The lowest BCUT2D eigenvalue weighted by Gasteiger charge is -2.12. The first-order chi connectivity index (χ1) is 13.5. The van der Waals surface area contributed by atoms with E-state index in [0.29, 0.717) is 23.1 Å². The van der Waals surface area contributed by atoms with E-state index >= 15 is 0 Å². The zero-order chi connectivity index (χ0) is 19.6. The normalized spacial score (nSPS) is 17.1. The second-order valence-electron chi connectivity index (χ2n) is 6.41. The van der Waals surface area contributed by atoms with Crippen molar-refractivity contribution in [2.24, 2.45) is 0 Å². The zero-order valence-electron chi connectivity index (χ0n) is 14.8. The Bertz CT molecular complexity index is 1060. The van der Waals surface area contributed by atoms with E-state index in [1.807, 2.05) is 30.3 Å². The predicted molar refractivity (Wildman–Crippen MR) is 104 cm³/mol. The molecule has 0 spiro atoms. The van der Waals surface area contributed by atoms with Crippen LogP contribution in [0.5, 0.6) is 0 Å². The van der Waals surface area contributed by atoms with Gasteiger partial charge in [-0.05, 0) is 43.2 Å². The first-order valence-electron chi connectivity index (χ1n) is 8.83. The van der Waals surface area contributed by atoms with Gasteiger partial charge in [0.1, 0.15) is 0 Å². The largest absolute Gasteiger partial charge is 0.416 e. The standard InChI is InChI=1S/C19H18ClN3O4S/c20-17-9-8-15(28(24,25)21-12-14-7-4-10-26-14)11-16(17)19-23-22-18(27-19)13-5-2-1-3-6-13/h1-3,5-6,8-9,11,14,21H,4,7,10,12H2. The average molecular weight is 420 g/mol. The zero-order valence-corrected chi connectivity index (χ0v) is 16.4. The Hall–Kier alpha value is -2.26. The Kier molecular flexibility index (Phi) is 5.45. The van der Waals surface area contributed by atoms with Crippen LogP contribution < -0.4 is 4.72 Å². The second-order valence-corrected chi connectivity index (χ2v) is 8.58. The van der Waals surface area contributed by atoms with Gasteiger partial charge in [0.25, 0.3) is 0 Å². The Labute approximate surface area is 167 Å². The van der Waals surface area contributed by atoms with Crippen LogP contribution >= 0.6 is 11.6 Å². The third kappa shape index (κ3) is 4.10. The molecule has 2 heterocycles. The van der Waals surface area contributed by atoms with Crippen LogP contribution in [0.2, 0.25) is 5.02 Å². The highest BCUT2D eigenvalue weighted by Gasteiger charge is 2.22. The highest BCUT2D eigenvalue weighted by Crippen LogP contribution is 2.31. The number of rotatable bonds is 6. The molecule has 1 unspecified atom stereocenters. The Morgan fingerprint density at radius 2 is 1.89 bits per heavy atom. The van der Waals surface area contributed by atoms with Crippen molar-refractivity contribution in [3.8, 4) is 22.9 Å². The molecule has 0 amide bonds. The molecule has 3 aromatic rings. The number of nitrogens with zero attached hydrogens (tertiary/aromatic N) is 2. The van der Waals surface area contributed by atoms with Crippen molar-refractivity contribution in [3.63, 3.8) is 0 Å². The molecule has 9 heteroatoms. The van der Waals surface area contributed by atoms with Crippen LogP contribution in [0.1, 0.15) is 12.8 Å². The summed E-state index contributed by atoms with van der Waals surface area (Å²) < 4.78 is 39.0. The van der Waals surface area contributed by atoms with Gasteiger partial charge in [-0.3, -0.25) is 0 Å². The molecule has 146 valence electrons. The van der Waals surface area contributed by atoms with Crippen molar-refractivity contribution >= 4 is 21.6 Å². The van der Waals surface area contributed by atoms with E-state index in [9.17, 15) is 8.42 Å². The Morgan fingerprint density at radius 1 is 1.11 bits per heavy atom. The number of hydrogen-bond acceptors (Lipinski definition) is 6. The highest BCUT2D eigenvalue weighted by atomic mass is 35.5. The van der Waals surface area contributed by atoms with Gasteiger partial charge in [-0.1, -0.05) is 29.8 Å². The second kappa shape index (κ2) is 8.00. The van der Waals surface area contributed by atoms with Crippen molar-refractivity contribution in [2.45, 2.75) is 23.8 Å². The molecule has 4 rings (SSSR count). The molecule has 1 atom stereocenters. The minimum Gasteiger partial charge on any atom is -0.416 e. The number of hydrogen-bond donors (Lipinski definition) is 1. The van der Waals surface area contributed by atoms with E-state index in [-0.39, 0.29) is 23.4 Å². The van der Waals surface area contributed by atoms with Crippen molar-refractivity contribution in [1.82, 2.24) is 14.9 Å². The van der Waals surface area contributed by atoms with Crippen LogP contribution in [-0.2, 0) is 14.8 Å². The third-order valence-electron chi connectivity index (χ3n) is 4.45. The fourth-order valence-electron chi connectivity index (χ4n) is 2.96. The minimum absolute atomic E-state index is 0.0735. The van der Waals surface area contributed by atoms with E-state index in [1.165, 1.54) is 18.2 Å². The number of sulfonamides is 1. The number of nitrogens with one attached hydrogen (secondary N) is 1. The number of aromatic nitrogens is 2. The molecule has 0 bridgehead atoms. The highest BCUT2D eigenvalue weighted by molar-refractivity contribution is 7.89. The Balaban J connectivity index is 1.59. The summed E-state index contributed by atoms with van der Waals surface area (Å²) in [6.07, 6.45) is 1.70. The first-order valence-corrected chi connectivity index (χ1v) is 10.7. The van der Waals surface area contributed by atoms with Gasteiger partial charge in [-0.15, -0.1) is 10.2 Å². The summed E-state index contributed by atoms with van der Waals surface area (Å²) in [5, 5.41) is 8.37. The summed E-state index contributed by atoms with van der Waals surface area (Å²) in [4.78, 5) is 0.0735. The summed E-state index contributed by atoms with van der Waals surface area (Å²) >= 11 is 6.25. The molecular weight excluding hydrogens is 402 g/mol. The van der Waals surface area contributed by atoms with Crippen molar-refractivity contribution in [2.75, 3.05) is 13.2 Å². The molecule has 1 aliphatic heterocycles. The maximum Gasteiger partial charge on any atom is 0.249 e. The summed E-state index contributed by atoms with van der Waals surface area (Å²) in [5.74, 6) is 0.483. The maximum absolute atomic E-state index is 12.6.